The van der Waals surface area contributed by atoms with Gasteiger partial charge < -0.3 is 5.32 Å². The zero-order valence-corrected chi connectivity index (χ0v) is 13.0. The Morgan fingerprint density at radius 3 is 2.82 bits per heavy atom. The Labute approximate surface area is 137 Å². The number of carbonyl (C=O) groups is 1. The molecule has 6 heteroatoms. The van der Waals surface area contributed by atoms with Crippen LogP contribution in [0.5, 0.6) is 0 Å². The van der Waals surface area contributed by atoms with Crippen LogP contribution in [0.4, 0.5) is 10.1 Å². The summed E-state index contributed by atoms with van der Waals surface area (Å²) in [5.41, 5.74) is 1.58. The fourth-order valence-corrected chi connectivity index (χ4v) is 2.78. The van der Waals surface area contributed by atoms with Gasteiger partial charge in [0, 0.05) is 10.8 Å². The molecule has 1 amide bonds. The highest BCUT2D eigenvalue weighted by atomic mass is 35.5. The van der Waals surface area contributed by atoms with Gasteiger partial charge in [-0.25, -0.2) is 4.39 Å². The van der Waals surface area contributed by atoms with Crippen molar-refractivity contribution >= 4 is 35.0 Å². The first kappa shape index (κ1) is 16.3. The number of rotatable bonds is 5. The van der Waals surface area contributed by atoms with Crippen LogP contribution in [-0.2, 0) is 10.5 Å². The van der Waals surface area contributed by atoms with Gasteiger partial charge in [-0.15, -0.1) is 11.8 Å². The molecule has 0 saturated heterocycles. The van der Waals surface area contributed by atoms with Crippen molar-refractivity contribution in [3.05, 3.63) is 64.4 Å². The lowest BCUT2D eigenvalue weighted by Crippen LogP contribution is -2.15. The van der Waals surface area contributed by atoms with Gasteiger partial charge in [-0.1, -0.05) is 29.8 Å². The van der Waals surface area contributed by atoms with Gasteiger partial charge in [-0.2, -0.15) is 5.26 Å². The number of thioether (sulfide) groups is 1. The van der Waals surface area contributed by atoms with Gasteiger partial charge in [0.15, 0.2) is 0 Å². The summed E-state index contributed by atoms with van der Waals surface area (Å²) in [5, 5.41) is 11.8. The van der Waals surface area contributed by atoms with Crippen molar-refractivity contribution in [2.75, 3.05) is 11.1 Å². The van der Waals surface area contributed by atoms with Gasteiger partial charge in [0.25, 0.3) is 0 Å². The van der Waals surface area contributed by atoms with Gasteiger partial charge in [-0.05, 0) is 29.8 Å². The number of nitrogens with one attached hydrogen (secondary N) is 1. The van der Waals surface area contributed by atoms with Crippen LogP contribution in [-0.4, -0.2) is 11.7 Å². The number of hydrogen-bond donors (Lipinski definition) is 1. The van der Waals surface area contributed by atoms with E-state index in [1.54, 1.807) is 12.1 Å². The fourth-order valence-electron chi connectivity index (χ4n) is 1.79. The molecule has 0 fully saturated rings. The van der Waals surface area contributed by atoms with Crippen LogP contribution in [0.15, 0.2) is 42.5 Å². The van der Waals surface area contributed by atoms with E-state index in [1.807, 2.05) is 12.1 Å². The molecule has 0 aliphatic carbocycles. The molecule has 2 aromatic rings. The van der Waals surface area contributed by atoms with Gasteiger partial charge >= 0.3 is 0 Å². The SMILES string of the molecule is N#Cc1ccccc1CSCC(=O)Nc1ccc(Cl)cc1F. The zero-order chi connectivity index (χ0) is 15.9. The minimum atomic E-state index is -0.569. The first-order valence-corrected chi connectivity index (χ1v) is 7.94. The van der Waals surface area contributed by atoms with E-state index in [2.05, 4.69) is 11.4 Å². The lowest BCUT2D eigenvalue weighted by atomic mass is 10.1. The standard InChI is InChI=1S/C16H12ClFN2OS/c17-13-5-6-15(14(18)7-13)20-16(21)10-22-9-12-4-2-1-3-11(12)8-19/h1-7H,9-10H2,(H,20,21). The molecular formula is C16H12ClFN2OS. The molecule has 0 aliphatic rings. The van der Waals surface area contributed by atoms with E-state index in [1.165, 1.54) is 23.9 Å². The predicted octanol–water partition coefficient (Wildman–Crippen LogP) is 4.22. The molecule has 2 rings (SSSR count). The van der Waals surface area contributed by atoms with E-state index in [9.17, 15) is 9.18 Å². The molecule has 0 atom stereocenters. The number of amides is 1. The summed E-state index contributed by atoms with van der Waals surface area (Å²) in [6, 6.07) is 13.4. The van der Waals surface area contributed by atoms with E-state index in [-0.39, 0.29) is 22.4 Å². The molecule has 2 aromatic carbocycles. The Morgan fingerprint density at radius 1 is 1.32 bits per heavy atom. The Hall–Kier alpha value is -2.03. The highest BCUT2D eigenvalue weighted by Gasteiger charge is 2.08. The molecule has 3 nitrogen and oxygen atoms in total. The van der Waals surface area contributed by atoms with Crippen LogP contribution in [0, 0.1) is 17.1 Å². The molecule has 22 heavy (non-hydrogen) atoms. The summed E-state index contributed by atoms with van der Waals surface area (Å²) in [6.07, 6.45) is 0. The van der Waals surface area contributed by atoms with E-state index in [0.29, 0.717) is 11.3 Å². The summed E-state index contributed by atoms with van der Waals surface area (Å²) in [5.74, 6) is -0.163. The minimum Gasteiger partial charge on any atom is -0.323 e. The molecule has 112 valence electrons. The van der Waals surface area contributed by atoms with Crippen molar-refractivity contribution in [1.29, 1.82) is 5.26 Å². The normalized spacial score (nSPS) is 10.0. The van der Waals surface area contributed by atoms with E-state index >= 15 is 0 Å². The molecule has 1 N–H and O–H groups in total. The number of halogens is 2. The van der Waals surface area contributed by atoms with Crippen molar-refractivity contribution in [2.24, 2.45) is 0 Å². The highest BCUT2D eigenvalue weighted by Crippen LogP contribution is 2.20. The van der Waals surface area contributed by atoms with Gasteiger partial charge in [-0.3, -0.25) is 4.79 Å². The molecule has 0 aliphatic heterocycles. The topological polar surface area (TPSA) is 52.9 Å². The van der Waals surface area contributed by atoms with E-state index in [4.69, 9.17) is 16.9 Å². The summed E-state index contributed by atoms with van der Waals surface area (Å²) >= 11 is 7.01. The monoisotopic (exact) mass is 334 g/mol. The first-order valence-electron chi connectivity index (χ1n) is 6.41. The summed E-state index contributed by atoms with van der Waals surface area (Å²) in [4.78, 5) is 11.8. The fraction of sp³-hybridized carbons (Fsp3) is 0.125. The smallest absolute Gasteiger partial charge is 0.234 e. The predicted molar refractivity (Wildman–Crippen MR) is 87.4 cm³/mol. The minimum absolute atomic E-state index is 0.104. The number of anilines is 1. The molecule has 0 heterocycles. The molecule has 0 unspecified atom stereocenters. The molecule has 0 bridgehead atoms. The highest BCUT2D eigenvalue weighted by molar-refractivity contribution is 7.99. The number of hydrogen-bond acceptors (Lipinski definition) is 3. The second kappa shape index (κ2) is 7.83. The second-order valence-electron chi connectivity index (χ2n) is 4.43. The maximum absolute atomic E-state index is 13.6. The number of nitriles is 1. The Morgan fingerprint density at radius 2 is 2.09 bits per heavy atom. The van der Waals surface area contributed by atoms with E-state index < -0.39 is 5.82 Å². The van der Waals surface area contributed by atoms with Crippen molar-refractivity contribution in [3.8, 4) is 6.07 Å². The Balaban J connectivity index is 1.87. The van der Waals surface area contributed by atoms with Crippen LogP contribution in [0.1, 0.15) is 11.1 Å². The van der Waals surface area contributed by atoms with E-state index in [0.717, 1.165) is 11.6 Å². The van der Waals surface area contributed by atoms with Crippen molar-refractivity contribution in [3.63, 3.8) is 0 Å². The average Bonchev–Trinajstić information content (AvgIpc) is 2.50. The summed E-state index contributed by atoms with van der Waals surface area (Å²) in [7, 11) is 0. The molecular weight excluding hydrogens is 323 g/mol. The van der Waals surface area contributed by atoms with Gasteiger partial charge in [0.2, 0.25) is 5.91 Å². The van der Waals surface area contributed by atoms with Crippen LogP contribution in [0.2, 0.25) is 5.02 Å². The number of benzene rings is 2. The third kappa shape index (κ3) is 4.48. The third-order valence-corrected chi connectivity index (χ3v) is 4.05. The lowest BCUT2D eigenvalue weighted by Gasteiger charge is -2.07. The zero-order valence-electron chi connectivity index (χ0n) is 11.5. The molecule has 0 radical (unpaired) electrons. The summed E-state index contributed by atoms with van der Waals surface area (Å²) < 4.78 is 13.6. The van der Waals surface area contributed by atoms with Crippen LogP contribution < -0.4 is 5.32 Å². The quantitative estimate of drug-likeness (QED) is 0.890. The van der Waals surface area contributed by atoms with Crippen molar-refractivity contribution in [2.45, 2.75) is 5.75 Å². The Kier molecular flexibility index (Phi) is 5.82. The maximum atomic E-state index is 13.6. The number of carbonyl (C=O) groups excluding carboxylic acids is 1. The molecule has 0 saturated carbocycles. The van der Waals surface area contributed by atoms with Crippen LogP contribution in [0.3, 0.4) is 0 Å². The van der Waals surface area contributed by atoms with Gasteiger partial charge in [0.05, 0.1) is 23.1 Å². The van der Waals surface area contributed by atoms with Crippen LogP contribution in [0.25, 0.3) is 0 Å². The summed E-state index contributed by atoms with van der Waals surface area (Å²) in [6.45, 7) is 0. The third-order valence-electron chi connectivity index (χ3n) is 2.83. The second-order valence-corrected chi connectivity index (χ2v) is 5.86. The van der Waals surface area contributed by atoms with Crippen molar-refractivity contribution < 1.29 is 9.18 Å². The average molecular weight is 335 g/mol. The van der Waals surface area contributed by atoms with Crippen molar-refractivity contribution in [1.82, 2.24) is 0 Å². The molecule has 0 spiro atoms. The maximum Gasteiger partial charge on any atom is 0.234 e. The van der Waals surface area contributed by atoms with Crippen LogP contribution >= 0.6 is 23.4 Å². The number of nitrogens with zero attached hydrogens (tertiary/aromatic N) is 1. The van der Waals surface area contributed by atoms with Gasteiger partial charge in [0.1, 0.15) is 5.82 Å². The molecule has 0 aromatic heterocycles. The lowest BCUT2D eigenvalue weighted by molar-refractivity contribution is -0.113. The Bertz CT molecular complexity index is 730. The largest absolute Gasteiger partial charge is 0.323 e. The first-order chi connectivity index (χ1) is 10.6.